The molecule has 0 heterocycles. The van der Waals surface area contributed by atoms with Crippen molar-refractivity contribution in [2.45, 2.75) is 0 Å². The van der Waals surface area contributed by atoms with Gasteiger partial charge in [-0.15, -0.1) is 0 Å². The number of hydrogen-bond acceptors (Lipinski definition) is 4. The molecule has 0 saturated heterocycles. The van der Waals surface area contributed by atoms with Gasteiger partial charge < -0.3 is 24.9 Å². The van der Waals surface area contributed by atoms with Crippen LogP contribution in [0.2, 0.25) is 0 Å². The van der Waals surface area contributed by atoms with Gasteiger partial charge in [-0.3, -0.25) is 0 Å². The van der Waals surface area contributed by atoms with Crippen LogP contribution in [0, 0.1) is 0 Å². The van der Waals surface area contributed by atoms with Gasteiger partial charge in [0.1, 0.15) is 0 Å². The van der Waals surface area contributed by atoms with Crippen molar-refractivity contribution < 1.29 is 63.7 Å². The minimum absolute atomic E-state index is 0. The predicted molar refractivity (Wildman–Crippen MR) is 30.6 cm³/mol. The molecule has 0 amide bonds. The van der Waals surface area contributed by atoms with E-state index in [4.69, 9.17) is 19.2 Å². The van der Waals surface area contributed by atoms with Crippen LogP contribution in [0.15, 0.2) is 0 Å². The van der Waals surface area contributed by atoms with Gasteiger partial charge in [-0.2, -0.15) is 0 Å². The Kier molecular flexibility index (Phi) is 45.4. The molecule has 4 N–H and O–H groups in total. The molecular weight excluding hydrogens is 260 g/mol. The molecule has 0 radical (unpaired) electrons. The molecule has 0 aromatic carbocycles. The van der Waals surface area contributed by atoms with Gasteiger partial charge in [0.05, 0.1) is 0 Å². The molecule has 0 bridgehead atoms. The third-order valence-corrected chi connectivity index (χ3v) is 0. The second kappa shape index (κ2) is 13.9. The van der Waals surface area contributed by atoms with Crippen LogP contribution < -0.4 is 0 Å². The first-order chi connectivity index (χ1) is 2.00. The van der Waals surface area contributed by atoms with Crippen LogP contribution in [0.4, 0.5) is 0 Å². The fourth-order valence-electron chi connectivity index (χ4n) is 0. The SMILES string of the molecule is O[Si](O)(O)O.[Ca+2].[Fe].[H-].[H-].[H-].[H-].[Mg+2].[Ti]. The van der Waals surface area contributed by atoms with Crippen LogP contribution in [0.1, 0.15) is 5.71 Å². The quantitative estimate of drug-likeness (QED) is 0.355. The average molecular weight is 268 g/mol. The molecule has 52 valence electrons. The molecule has 0 aromatic heterocycles. The van der Waals surface area contributed by atoms with Crippen LogP contribution in [-0.4, -0.2) is 89.0 Å². The third-order valence-electron chi connectivity index (χ3n) is 0. The third kappa shape index (κ3) is 89.3. The normalized spacial score (nSPS) is 6.67. The summed E-state index contributed by atoms with van der Waals surface area (Å²) in [5.41, 5.74) is 0. The van der Waals surface area contributed by atoms with E-state index in [1.54, 1.807) is 0 Å². The van der Waals surface area contributed by atoms with E-state index in [0.29, 0.717) is 0 Å². The molecule has 9 heteroatoms. The van der Waals surface area contributed by atoms with Gasteiger partial charge in [-0.25, -0.2) is 0 Å². The monoisotopic (exact) mass is 268 g/mol. The summed E-state index contributed by atoms with van der Waals surface area (Å²) < 4.78 is 0. The van der Waals surface area contributed by atoms with Crippen molar-refractivity contribution in [2.24, 2.45) is 0 Å². The van der Waals surface area contributed by atoms with E-state index < -0.39 is 9.05 Å². The largest absolute Gasteiger partial charge is 2.00 e. The molecule has 4 nitrogen and oxygen atoms in total. The average Bonchev–Trinajstić information content (AvgIpc) is 0.722. The molecule has 0 aromatic rings. The van der Waals surface area contributed by atoms with Gasteiger partial charge in [0.2, 0.25) is 0 Å². The van der Waals surface area contributed by atoms with Gasteiger partial charge in [0, 0.05) is 38.8 Å². The molecule has 0 fully saturated rings. The second-order valence-corrected chi connectivity index (χ2v) is 1.80. The standard InChI is InChI=1S/Ca.Fe.Mg.H4O4Si.Ti.4H/c;;;1-5(2,3)4;;;;;/h;;;1-4H;;;;;/q+2;;+2;;;4*-1. The Morgan fingerprint density at radius 2 is 1.00 bits per heavy atom. The van der Waals surface area contributed by atoms with E-state index in [1.165, 1.54) is 0 Å². The molecule has 0 aliphatic rings. The van der Waals surface area contributed by atoms with Crippen LogP contribution in [0.3, 0.4) is 0 Å². The van der Waals surface area contributed by atoms with E-state index >= 15 is 0 Å². The van der Waals surface area contributed by atoms with E-state index in [-0.39, 0.29) is 105 Å². The van der Waals surface area contributed by atoms with Crippen LogP contribution >= 0.6 is 0 Å². The summed E-state index contributed by atoms with van der Waals surface area (Å²) in [4.78, 5) is 29.3. The Labute approximate surface area is 131 Å². The maximum absolute atomic E-state index is 7.33. The molecule has 0 saturated carbocycles. The van der Waals surface area contributed by atoms with Crippen molar-refractivity contribution in [3.63, 3.8) is 0 Å². The molecule has 0 aliphatic heterocycles. The van der Waals surface area contributed by atoms with Crippen molar-refractivity contribution in [2.75, 3.05) is 0 Å². The number of hydrogen-bond donors (Lipinski definition) is 4. The van der Waals surface area contributed by atoms with Crippen molar-refractivity contribution >= 4 is 69.8 Å². The van der Waals surface area contributed by atoms with Gasteiger partial charge >= 0.3 is 69.8 Å². The zero-order valence-corrected chi connectivity index (χ0v) is 11.8. The Bertz CT molecular complexity index is 47.6. The summed E-state index contributed by atoms with van der Waals surface area (Å²) in [6.45, 7) is 0. The Morgan fingerprint density at radius 3 is 1.00 bits per heavy atom. The van der Waals surface area contributed by atoms with Crippen LogP contribution in [0.25, 0.3) is 0 Å². The van der Waals surface area contributed by atoms with Gasteiger partial charge in [-0.05, 0) is 0 Å². The van der Waals surface area contributed by atoms with E-state index in [0.717, 1.165) is 0 Å². The Morgan fingerprint density at radius 1 is 1.00 bits per heavy atom. The summed E-state index contributed by atoms with van der Waals surface area (Å²) in [7, 11) is -4.61. The van der Waals surface area contributed by atoms with E-state index in [9.17, 15) is 0 Å². The molecule has 0 aliphatic carbocycles. The summed E-state index contributed by atoms with van der Waals surface area (Å²) in [6, 6.07) is 0. The smallest absolute Gasteiger partial charge is 1.00 e. The van der Waals surface area contributed by atoms with E-state index in [1.807, 2.05) is 0 Å². The Balaban J connectivity index is -0.00000000286. The fourth-order valence-corrected chi connectivity index (χ4v) is 0. The summed E-state index contributed by atoms with van der Waals surface area (Å²) in [5.74, 6) is 0. The van der Waals surface area contributed by atoms with Gasteiger partial charge in [-0.1, -0.05) is 0 Å². The van der Waals surface area contributed by atoms with Crippen molar-refractivity contribution in [3.05, 3.63) is 0 Å². The maximum atomic E-state index is 7.33. The molecule has 0 rings (SSSR count). The molecular formula is H8CaFeMgO4SiTi. The maximum Gasteiger partial charge on any atom is 2.00 e. The van der Waals surface area contributed by atoms with Crippen molar-refractivity contribution in [1.82, 2.24) is 0 Å². The van der Waals surface area contributed by atoms with Crippen LogP contribution in [0.5, 0.6) is 0 Å². The van der Waals surface area contributed by atoms with Crippen LogP contribution in [-0.2, 0) is 38.8 Å². The zero-order chi connectivity index (χ0) is 4.50. The van der Waals surface area contributed by atoms with Crippen molar-refractivity contribution in [3.8, 4) is 0 Å². The molecule has 0 atom stereocenters. The fraction of sp³-hybridized carbons (Fsp3) is 0. The summed E-state index contributed by atoms with van der Waals surface area (Å²) in [5, 5.41) is 0. The van der Waals surface area contributed by atoms with Crippen molar-refractivity contribution in [1.29, 1.82) is 0 Å². The first kappa shape index (κ1) is 29.5. The molecule has 0 spiro atoms. The van der Waals surface area contributed by atoms with Gasteiger partial charge in [0.25, 0.3) is 0 Å². The second-order valence-electron chi connectivity index (χ2n) is 0.600. The number of rotatable bonds is 0. The van der Waals surface area contributed by atoms with Gasteiger partial charge in [0.15, 0.2) is 0 Å². The summed E-state index contributed by atoms with van der Waals surface area (Å²) >= 11 is 0. The Hall–Kier alpha value is 3.32. The minimum Gasteiger partial charge on any atom is -1.00 e. The first-order valence-corrected chi connectivity index (χ1v) is 2.68. The topological polar surface area (TPSA) is 80.9 Å². The molecule has 0 unspecified atom stereocenters. The van der Waals surface area contributed by atoms with E-state index in [2.05, 4.69) is 0 Å². The zero-order valence-electron chi connectivity index (χ0n) is 8.56. The minimum atomic E-state index is -4.61. The first-order valence-electron chi connectivity index (χ1n) is 0.894. The predicted octanol–water partition coefficient (Wildman–Crippen LogP) is -2.93. The summed E-state index contributed by atoms with van der Waals surface area (Å²) in [6.07, 6.45) is 0. The molecule has 9 heavy (non-hydrogen) atoms.